The number of nitrogens with one attached hydrogen (secondary N) is 9. The van der Waals surface area contributed by atoms with Crippen LogP contribution in [0.4, 0.5) is 0 Å². The monoisotopic (exact) mass is 1190 g/mol. The molecule has 0 aliphatic carbocycles. The van der Waals surface area contributed by atoms with E-state index in [-0.39, 0.29) is 18.4 Å². The van der Waals surface area contributed by atoms with Gasteiger partial charge in [0.05, 0.1) is 25.4 Å². The van der Waals surface area contributed by atoms with E-state index < -0.39 is 160 Å². The van der Waals surface area contributed by atoms with E-state index in [0.29, 0.717) is 47.7 Å². The number of carbonyl (C=O) groups excluding carboxylic acids is 8. The predicted molar refractivity (Wildman–Crippen MR) is 290 cm³/mol. The number of aromatic amines is 1. The molecule has 0 saturated carbocycles. The second-order valence-corrected chi connectivity index (χ2v) is 21.0. The molecule has 31 heteroatoms. The molecule has 3 aromatic carbocycles. The van der Waals surface area contributed by atoms with Gasteiger partial charge in [-0.2, -0.15) is 21.6 Å². The van der Waals surface area contributed by atoms with Crippen LogP contribution < -0.4 is 51.9 Å². The molecule has 0 saturated heterocycles. The number of carboxylic acids is 2. The average molecular weight is 1190 g/mol. The van der Waals surface area contributed by atoms with Gasteiger partial charge in [0.25, 0.3) is 0 Å². The van der Waals surface area contributed by atoms with Crippen molar-refractivity contribution in [2.24, 2.45) is 5.73 Å². The molecule has 1 heterocycles. The fourth-order valence-corrected chi connectivity index (χ4v) is 9.03. The van der Waals surface area contributed by atoms with Crippen LogP contribution in [-0.2, 0) is 87.9 Å². The van der Waals surface area contributed by atoms with E-state index in [1.807, 2.05) is 12.2 Å². The number of carboxylic acid groups (broad SMARTS) is 2. The second kappa shape index (κ2) is 31.6. The number of carbonyl (C=O) groups is 10. The summed E-state index contributed by atoms with van der Waals surface area (Å²) in [4.78, 5) is 137. The Morgan fingerprint density at radius 3 is 1.62 bits per heavy atom. The number of unbranched alkanes of at least 4 members (excludes halogenated alkanes) is 2. The summed E-state index contributed by atoms with van der Waals surface area (Å²) in [6.45, 7) is 3.14. The molecule has 8 amide bonds. The molecule has 82 heavy (non-hydrogen) atoms. The van der Waals surface area contributed by atoms with E-state index in [1.165, 1.54) is 16.9 Å². The number of amides is 8. The zero-order chi connectivity index (χ0) is 60.7. The summed E-state index contributed by atoms with van der Waals surface area (Å²) in [5.74, 6) is -12.6. The average Bonchev–Trinajstić information content (AvgIpc) is 4.03. The molecule has 0 radical (unpaired) electrons. The first kappa shape index (κ1) is 66.2. The molecule has 0 aliphatic rings. The molecule has 4 aromatic rings. The second-order valence-electron chi connectivity index (χ2n) is 18.8. The smallest absolute Gasteiger partial charge is 0.446 e. The lowest BCUT2D eigenvalue weighted by Crippen LogP contribution is -2.60. The van der Waals surface area contributed by atoms with Crippen LogP contribution >= 0.6 is 0 Å². The number of benzene rings is 3. The maximum Gasteiger partial charge on any atom is 0.446 e. The SMILES string of the molecule is CCCC[C@H](NC(=O)[C@H](Cc1c[nH]c2ccccc12)NC(=O)CNC(=O)[C@@H](N)CCCC)C(=O)N[C@@H](CC(=O)O)C(=O)N[C@@H](Cc1ccccc1)C(=O)NC(=O)[C@H](Cc1ccc(OS(=O)(=O)O)cc1)NC(=O)[C@H](CC(=O)O)NS(=O)(=O)O. The molecule has 4 rings (SSSR count). The fourth-order valence-electron chi connectivity index (χ4n) is 8.12. The Balaban J connectivity index is 1.62. The van der Waals surface area contributed by atoms with Crippen molar-refractivity contribution in [2.75, 3.05) is 6.54 Å². The number of aliphatic carboxylic acids is 2. The van der Waals surface area contributed by atoms with Gasteiger partial charge in [-0.25, -0.2) is 0 Å². The highest BCUT2D eigenvalue weighted by Gasteiger charge is 2.36. The van der Waals surface area contributed by atoms with Gasteiger partial charge in [0, 0.05) is 36.4 Å². The first-order valence-corrected chi connectivity index (χ1v) is 28.4. The van der Waals surface area contributed by atoms with Crippen molar-refractivity contribution in [3.05, 3.63) is 102 Å². The van der Waals surface area contributed by atoms with Gasteiger partial charge >= 0.3 is 32.6 Å². The Kier molecular flexibility index (Phi) is 25.5. The van der Waals surface area contributed by atoms with Gasteiger partial charge in [-0.05, 0) is 47.7 Å². The third-order valence-corrected chi connectivity index (χ3v) is 13.2. The molecular weight excluding hydrogens is 1120 g/mol. The highest BCUT2D eigenvalue weighted by atomic mass is 32.3. The Labute approximate surface area is 470 Å². The molecule has 0 spiro atoms. The van der Waals surface area contributed by atoms with Gasteiger partial charge in [0.15, 0.2) is 0 Å². The molecule has 1 aromatic heterocycles. The molecule has 446 valence electrons. The summed E-state index contributed by atoms with van der Waals surface area (Å²) < 4.78 is 70.0. The van der Waals surface area contributed by atoms with Crippen molar-refractivity contribution < 1.29 is 88.3 Å². The Bertz CT molecular complexity index is 3140. The minimum Gasteiger partial charge on any atom is -0.481 e. The summed E-state index contributed by atoms with van der Waals surface area (Å²) in [5, 5.41) is 36.5. The standard InChI is InChI=1S/C51H66N10O19S2/c1-3-5-15-34(52)45(67)54-28-42(62)55-39(24-31-27-53-35-17-11-10-14-33(31)35)47(69)56-36(16-6-4-2)46(68)59-40(25-43(63)64)48(70)57-37(22-29-12-8-7-9-13-29)49(71)60-50(72)38(23-30-18-20-32(21-19-30)80-82(77,78)79)58-51(73)41(26-44(65)66)61-81(74,75)76/h7-14,17-21,27,34,36-41,53,61H,3-6,15-16,22-26,28,52H2,1-2H3,(H,54,67)(H,55,62)(H,56,69)(H,57,70)(H,58,73)(H,59,68)(H,63,64)(H,65,66)(H,60,71,72)(H,74,75,76)(H,77,78,79)/t34-,36-,37-,38-,39-,40-,41-/m0/s1. The summed E-state index contributed by atoms with van der Waals surface area (Å²) in [7, 11) is -10.2. The van der Waals surface area contributed by atoms with E-state index in [1.54, 1.807) is 55.6 Å². The van der Waals surface area contributed by atoms with E-state index in [2.05, 4.69) is 41.1 Å². The Morgan fingerprint density at radius 2 is 1.05 bits per heavy atom. The van der Waals surface area contributed by atoms with Crippen LogP contribution in [0, 0.1) is 0 Å². The minimum absolute atomic E-state index is 0.0702. The summed E-state index contributed by atoms with van der Waals surface area (Å²) in [6.07, 6.45) is 0.619. The van der Waals surface area contributed by atoms with Crippen molar-refractivity contribution >= 4 is 90.8 Å². The quantitative estimate of drug-likeness (QED) is 0.0249. The van der Waals surface area contributed by atoms with Crippen LogP contribution in [0.2, 0.25) is 0 Å². The molecule has 0 unspecified atom stereocenters. The zero-order valence-electron chi connectivity index (χ0n) is 44.4. The van der Waals surface area contributed by atoms with Gasteiger partial charge < -0.3 is 57.0 Å². The number of aromatic nitrogens is 1. The highest BCUT2D eigenvalue weighted by Crippen LogP contribution is 2.20. The van der Waals surface area contributed by atoms with Crippen molar-refractivity contribution in [1.82, 2.24) is 46.9 Å². The number of H-pyrrole nitrogens is 1. The zero-order valence-corrected chi connectivity index (χ0v) is 46.0. The van der Waals surface area contributed by atoms with E-state index in [9.17, 15) is 79.5 Å². The molecule has 0 fully saturated rings. The number of rotatable bonds is 34. The molecule has 29 nitrogen and oxygen atoms in total. The predicted octanol–water partition coefficient (Wildman–Crippen LogP) is -1.02. The Hall–Kier alpha value is -8.36. The highest BCUT2D eigenvalue weighted by molar-refractivity contribution is 7.83. The van der Waals surface area contributed by atoms with Crippen molar-refractivity contribution in [3.63, 3.8) is 0 Å². The molecule has 0 aliphatic heterocycles. The lowest BCUT2D eigenvalue weighted by atomic mass is 10.0. The number of hydrogen-bond donors (Lipinski definition) is 14. The fraction of sp³-hybridized carbons (Fsp3) is 0.412. The topological polar surface area (TPSA) is 467 Å². The lowest BCUT2D eigenvalue weighted by molar-refractivity contribution is -0.141. The van der Waals surface area contributed by atoms with Crippen molar-refractivity contribution in [3.8, 4) is 5.75 Å². The van der Waals surface area contributed by atoms with Crippen LogP contribution in [0.25, 0.3) is 10.9 Å². The maximum atomic E-state index is 14.3. The lowest BCUT2D eigenvalue weighted by Gasteiger charge is -2.26. The normalized spacial score (nSPS) is 14.0. The van der Waals surface area contributed by atoms with Crippen LogP contribution in [0.15, 0.2) is 85.1 Å². The first-order valence-electron chi connectivity index (χ1n) is 25.6. The summed E-state index contributed by atoms with van der Waals surface area (Å²) in [6, 6.07) is 7.45. The van der Waals surface area contributed by atoms with Crippen molar-refractivity contribution in [1.29, 1.82) is 0 Å². The van der Waals surface area contributed by atoms with Gasteiger partial charge in [0.1, 0.15) is 42.0 Å². The molecule has 15 N–H and O–H groups in total. The first-order chi connectivity index (χ1) is 38.6. The summed E-state index contributed by atoms with van der Waals surface area (Å²) >= 11 is 0. The third-order valence-electron chi connectivity index (χ3n) is 12.2. The van der Waals surface area contributed by atoms with Crippen LogP contribution in [-0.4, -0.2) is 149 Å². The molecule has 0 bridgehead atoms. The number of imide groups is 1. The van der Waals surface area contributed by atoms with Crippen LogP contribution in [0.1, 0.15) is 81.9 Å². The van der Waals surface area contributed by atoms with Gasteiger partial charge in [-0.1, -0.05) is 100 Å². The number of fused-ring (bicyclic) bond motifs is 1. The van der Waals surface area contributed by atoms with Crippen LogP contribution in [0.5, 0.6) is 5.75 Å². The number of para-hydroxylation sites is 1. The summed E-state index contributed by atoms with van der Waals surface area (Å²) in [5.41, 5.74) is 7.68. The number of nitrogens with two attached hydrogens (primary N) is 1. The van der Waals surface area contributed by atoms with Gasteiger partial charge in [-0.15, -0.1) is 0 Å². The molecular formula is C51H66N10O19S2. The third kappa shape index (κ3) is 23.0. The van der Waals surface area contributed by atoms with E-state index in [0.717, 1.165) is 30.7 Å². The number of hydrogen-bond acceptors (Lipinski definition) is 16. The van der Waals surface area contributed by atoms with Crippen molar-refractivity contribution in [2.45, 2.75) is 127 Å². The van der Waals surface area contributed by atoms with E-state index >= 15 is 0 Å². The largest absolute Gasteiger partial charge is 0.481 e. The van der Waals surface area contributed by atoms with Gasteiger partial charge in [-0.3, -0.25) is 62.4 Å². The molecule has 7 atom stereocenters. The van der Waals surface area contributed by atoms with Crippen LogP contribution in [0.3, 0.4) is 0 Å². The minimum atomic E-state index is -5.25. The van der Waals surface area contributed by atoms with Gasteiger partial charge in [0.2, 0.25) is 47.3 Å². The maximum absolute atomic E-state index is 14.3. The van der Waals surface area contributed by atoms with E-state index in [4.69, 9.17) is 10.3 Å². The Morgan fingerprint density at radius 1 is 0.561 bits per heavy atom.